The largest absolute Gasteiger partial charge is 1.00 e. The minimum absolute atomic E-state index is 0. The third-order valence-corrected chi connectivity index (χ3v) is 2.78. The molecule has 66 valence electrons. The molecule has 0 spiro atoms. The molecule has 1 atom stereocenters. The zero-order valence-corrected chi connectivity index (χ0v) is 10.7. The van der Waals surface area contributed by atoms with Gasteiger partial charge in [-0.25, -0.2) is 0 Å². The Labute approximate surface area is 101 Å². The van der Waals surface area contributed by atoms with Gasteiger partial charge < -0.3 is 6.90 Å². The topological polar surface area (TPSA) is 85.9 Å². The zero-order valence-electron chi connectivity index (χ0n) is 7.06. The molecular weight excluding hydrogens is 219 g/mol. The summed E-state index contributed by atoms with van der Waals surface area (Å²) in [5, 5.41) is -0.386. The number of hydrogen-bond donors (Lipinski definition) is 3. The molecule has 0 amide bonds. The molecule has 0 aliphatic heterocycles. The normalized spacial score (nSPS) is 12.6. The maximum absolute atomic E-state index is 10.1. The van der Waals surface area contributed by atoms with Crippen LogP contribution in [0.2, 0.25) is 0 Å². The molecular formula is C3H11NaO4S3. The fourth-order valence-electron chi connectivity index (χ4n) is 0.296. The van der Waals surface area contributed by atoms with Gasteiger partial charge in [-0.2, -0.15) is 33.7 Å². The quantitative estimate of drug-likeness (QED) is 0.266. The Hall–Kier alpha value is 1.57. The molecule has 0 rings (SSSR count). The third kappa shape index (κ3) is 14.4. The van der Waals surface area contributed by atoms with Gasteiger partial charge in [0.2, 0.25) is 0 Å². The molecule has 0 heterocycles. The van der Waals surface area contributed by atoms with E-state index in [0.29, 0.717) is 5.75 Å². The minimum Gasteiger partial charge on any atom is -1.00 e. The van der Waals surface area contributed by atoms with Gasteiger partial charge in [0.15, 0.2) is 0 Å². The van der Waals surface area contributed by atoms with E-state index in [1.54, 1.807) is 0 Å². The van der Waals surface area contributed by atoms with Crippen LogP contribution >= 0.6 is 25.3 Å². The van der Waals surface area contributed by atoms with Crippen molar-refractivity contribution in [3.63, 3.8) is 0 Å². The zero-order chi connectivity index (χ0) is 7.49. The molecule has 1 unspecified atom stereocenters. The summed E-state index contributed by atoms with van der Waals surface area (Å²) in [7, 11) is -3.86. The summed E-state index contributed by atoms with van der Waals surface area (Å²) in [6.07, 6.45) is 0. The number of thiol groups is 2. The Morgan fingerprint density at radius 2 is 1.91 bits per heavy atom. The van der Waals surface area contributed by atoms with Crippen molar-refractivity contribution in [2.45, 2.75) is 5.25 Å². The van der Waals surface area contributed by atoms with Crippen LogP contribution < -0.4 is 29.6 Å². The monoisotopic (exact) mass is 230 g/mol. The maximum atomic E-state index is 10.1. The molecule has 0 saturated heterocycles. The molecule has 0 fully saturated rings. The fraction of sp³-hybridized carbons (Fsp3) is 1.00. The molecule has 0 aliphatic carbocycles. The Bertz CT molecular complexity index is 172. The van der Waals surface area contributed by atoms with Gasteiger partial charge in [-0.05, 0) is 0 Å². The van der Waals surface area contributed by atoms with E-state index < -0.39 is 10.1 Å². The van der Waals surface area contributed by atoms with Crippen molar-refractivity contribution in [2.24, 2.45) is 0 Å². The summed E-state index contributed by atoms with van der Waals surface area (Å²) >= 11 is 7.58. The van der Waals surface area contributed by atoms with Crippen LogP contribution in [0.15, 0.2) is 0 Å². The van der Waals surface area contributed by atoms with Crippen molar-refractivity contribution < 1.29 is 49.4 Å². The van der Waals surface area contributed by atoms with Gasteiger partial charge >= 0.3 is 29.6 Å². The molecule has 0 aromatic heterocycles. The van der Waals surface area contributed by atoms with E-state index in [2.05, 4.69) is 25.3 Å². The summed E-state index contributed by atoms with van der Waals surface area (Å²) in [5.41, 5.74) is 0. The van der Waals surface area contributed by atoms with Crippen molar-refractivity contribution in [3.05, 3.63) is 0 Å². The van der Waals surface area contributed by atoms with E-state index in [0.717, 1.165) is 0 Å². The second kappa shape index (κ2) is 8.18. The SMILES string of the molecule is O.O=S(=O)(O)CC(S)CS.[H-].[Na+]. The van der Waals surface area contributed by atoms with Gasteiger partial charge in [-0.1, -0.05) is 0 Å². The average molecular weight is 230 g/mol. The van der Waals surface area contributed by atoms with Gasteiger partial charge in [0.25, 0.3) is 10.1 Å². The van der Waals surface area contributed by atoms with Gasteiger partial charge in [0.05, 0.1) is 5.75 Å². The molecule has 4 nitrogen and oxygen atoms in total. The Morgan fingerprint density at radius 1 is 1.55 bits per heavy atom. The minimum atomic E-state index is -3.86. The molecule has 0 radical (unpaired) electrons. The van der Waals surface area contributed by atoms with Crippen LogP contribution in [0.1, 0.15) is 1.43 Å². The second-order valence-corrected chi connectivity index (χ2v) is 4.18. The van der Waals surface area contributed by atoms with E-state index in [-0.39, 0.29) is 47.5 Å². The van der Waals surface area contributed by atoms with Crippen molar-refractivity contribution in [1.82, 2.24) is 0 Å². The molecule has 0 aliphatic rings. The first-order valence-corrected chi connectivity index (χ1v) is 4.95. The molecule has 11 heavy (non-hydrogen) atoms. The number of hydrogen-bond acceptors (Lipinski definition) is 4. The van der Waals surface area contributed by atoms with Crippen LogP contribution in [0.25, 0.3) is 0 Å². The van der Waals surface area contributed by atoms with Gasteiger partial charge in [0.1, 0.15) is 0 Å². The smallest absolute Gasteiger partial charge is 1.00 e. The molecule has 0 aromatic carbocycles. The predicted octanol–water partition coefficient (Wildman–Crippen LogP) is -3.61. The fourth-order valence-corrected chi connectivity index (χ4v) is 1.77. The summed E-state index contributed by atoms with van der Waals surface area (Å²) in [5.74, 6) is 0.00249. The molecule has 0 aromatic rings. The summed E-state index contributed by atoms with van der Waals surface area (Å²) in [6, 6.07) is 0. The second-order valence-electron chi connectivity index (χ2n) is 1.58. The van der Waals surface area contributed by atoms with Gasteiger partial charge in [-0.3, -0.25) is 4.55 Å². The average Bonchev–Trinajstić information content (AvgIpc) is 1.62. The standard InChI is InChI=1S/C3H8O3S3.Na.H2O.H/c4-9(5,6)2-3(8)1-7;;;/h3,7-8H,1-2H2,(H,4,5,6);;1H2;/q;+1;;-1. The Morgan fingerprint density at radius 3 is 2.00 bits per heavy atom. The Balaban J connectivity index is -0.000000107. The van der Waals surface area contributed by atoms with E-state index in [4.69, 9.17) is 4.55 Å². The van der Waals surface area contributed by atoms with Crippen molar-refractivity contribution in [1.29, 1.82) is 0 Å². The van der Waals surface area contributed by atoms with Gasteiger partial charge in [-0.15, -0.1) is 0 Å². The van der Waals surface area contributed by atoms with Gasteiger partial charge in [0, 0.05) is 11.0 Å². The van der Waals surface area contributed by atoms with Crippen LogP contribution in [-0.4, -0.2) is 35.2 Å². The van der Waals surface area contributed by atoms with Crippen LogP contribution in [0.5, 0.6) is 0 Å². The third-order valence-electron chi connectivity index (χ3n) is 0.614. The Kier molecular flexibility index (Phi) is 13.7. The van der Waals surface area contributed by atoms with E-state index in [1.807, 2.05) is 0 Å². The number of rotatable bonds is 3. The molecule has 3 N–H and O–H groups in total. The van der Waals surface area contributed by atoms with Crippen LogP contribution in [-0.2, 0) is 10.1 Å². The van der Waals surface area contributed by atoms with E-state index >= 15 is 0 Å². The van der Waals surface area contributed by atoms with E-state index in [9.17, 15) is 8.42 Å². The predicted molar refractivity (Wildman–Crippen MR) is 47.8 cm³/mol. The summed E-state index contributed by atoms with van der Waals surface area (Å²) in [4.78, 5) is 0. The first-order chi connectivity index (χ1) is 3.95. The first kappa shape index (κ1) is 18.4. The molecule has 8 heteroatoms. The van der Waals surface area contributed by atoms with Crippen LogP contribution in [0.3, 0.4) is 0 Å². The van der Waals surface area contributed by atoms with Crippen molar-refractivity contribution in [3.8, 4) is 0 Å². The molecule has 0 saturated carbocycles. The van der Waals surface area contributed by atoms with Crippen molar-refractivity contribution in [2.75, 3.05) is 11.5 Å². The summed E-state index contributed by atoms with van der Waals surface area (Å²) < 4.78 is 28.4. The first-order valence-electron chi connectivity index (χ1n) is 2.20. The van der Waals surface area contributed by atoms with Crippen LogP contribution in [0, 0.1) is 0 Å². The molecule has 0 bridgehead atoms. The van der Waals surface area contributed by atoms with Crippen molar-refractivity contribution >= 4 is 35.4 Å². The summed E-state index contributed by atoms with van der Waals surface area (Å²) in [6.45, 7) is 0. The van der Waals surface area contributed by atoms with Crippen LogP contribution in [0.4, 0.5) is 0 Å². The maximum Gasteiger partial charge on any atom is 1.00 e. The van der Waals surface area contributed by atoms with E-state index in [1.165, 1.54) is 0 Å².